The van der Waals surface area contributed by atoms with Crippen LogP contribution < -0.4 is 0 Å². The van der Waals surface area contributed by atoms with Gasteiger partial charge in [-0.1, -0.05) is 25.0 Å². The highest BCUT2D eigenvalue weighted by Crippen LogP contribution is 2.32. The maximum absolute atomic E-state index is 11.5. The minimum absolute atomic E-state index is 0.00235. The Labute approximate surface area is 439 Å². The monoisotopic (exact) mass is 1120 g/mol. The third-order valence-electron chi connectivity index (χ3n) is 13.2. The zero-order chi connectivity index (χ0) is 57.4. The summed E-state index contributed by atoms with van der Waals surface area (Å²) >= 11 is 0. The van der Waals surface area contributed by atoms with Crippen LogP contribution in [0.15, 0.2) is 34.6 Å². The van der Waals surface area contributed by atoms with Gasteiger partial charge in [0.1, 0.15) is 67.1 Å². The van der Waals surface area contributed by atoms with E-state index >= 15 is 0 Å². The second kappa shape index (κ2) is 31.3. The highest BCUT2D eigenvalue weighted by molar-refractivity contribution is 5.17. The van der Waals surface area contributed by atoms with E-state index in [0.29, 0.717) is 17.8 Å². The van der Waals surface area contributed by atoms with Crippen LogP contribution in [0.5, 0.6) is 0 Å². The zero-order valence-electron chi connectivity index (χ0n) is 41.9. The first-order chi connectivity index (χ1) is 36.5. The van der Waals surface area contributed by atoms with Crippen LogP contribution in [0.25, 0.3) is 0 Å². The van der Waals surface area contributed by atoms with E-state index in [9.17, 15) is 112 Å². The lowest BCUT2D eigenvalue weighted by Crippen LogP contribution is -2.62. The molecule has 0 amide bonds. The largest absolute Gasteiger partial charge is 0.506 e. The number of aryl methyl sites for hydroxylation is 1. The van der Waals surface area contributed by atoms with Crippen molar-refractivity contribution >= 4 is 0 Å². The van der Waals surface area contributed by atoms with Gasteiger partial charge >= 0.3 is 0 Å². The van der Waals surface area contributed by atoms with E-state index in [0.717, 1.165) is 25.7 Å². The fourth-order valence-electron chi connectivity index (χ4n) is 8.72. The first-order valence-electron chi connectivity index (χ1n) is 24.9. The van der Waals surface area contributed by atoms with E-state index in [1.54, 1.807) is 0 Å². The molecule has 3 aliphatic heterocycles. The van der Waals surface area contributed by atoms with E-state index in [4.69, 9.17) is 33.2 Å². The molecule has 446 valence electrons. The van der Waals surface area contributed by atoms with Crippen molar-refractivity contribution in [3.8, 4) is 0 Å². The van der Waals surface area contributed by atoms with Gasteiger partial charge in [-0.05, 0) is 32.1 Å². The van der Waals surface area contributed by atoms with Gasteiger partial charge in [0.05, 0.1) is 30.2 Å². The molecule has 77 heavy (non-hydrogen) atoms. The molecular weight excluding hydrogens is 1050 g/mol. The Hall–Kier alpha value is -3.76. The van der Waals surface area contributed by atoms with Gasteiger partial charge in [-0.15, -0.1) is 5.10 Å². The molecule has 0 aromatic carbocycles. The summed E-state index contributed by atoms with van der Waals surface area (Å²) in [4.78, 5) is 0. The maximum Gasteiger partial charge on any atom is 0.218 e. The Morgan fingerprint density at radius 3 is 1.42 bits per heavy atom. The molecule has 0 saturated carbocycles. The number of aliphatic hydroxyl groups excluding tert-OH is 22. The number of ether oxygens (including phenoxy) is 7. The number of fused-ring (bicyclic) bond motifs is 25. The lowest BCUT2D eigenvalue weighted by atomic mass is 9.93. The fraction of sp³-hybridized carbons (Fsp3) is 0.822. The Balaban J connectivity index is 1.82. The lowest BCUT2D eigenvalue weighted by Gasteiger charge is -2.44. The minimum atomic E-state index is -2.78. The molecule has 5 rings (SSSR count). The number of rotatable bonds is 12. The Morgan fingerprint density at radius 1 is 0.455 bits per heavy atom. The lowest BCUT2D eigenvalue weighted by molar-refractivity contribution is -0.339. The first-order valence-corrected chi connectivity index (χ1v) is 24.9. The van der Waals surface area contributed by atoms with Gasteiger partial charge in [0.2, 0.25) is 18.9 Å². The van der Waals surface area contributed by atoms with Crippen molar-refractivity contribution in [2.45, 2.75) is 201 Å². The van der Waals surface area contributed by atoms with Crippen LogP contribution in [-0.2, 0) is 46.1 Å². The third kappa shape index (κ3) is 17.1. The number of hydrogen-bond acceptors (Lipinski definition) is 31. The molecule has 20 atom stereocenters. The topological polar surface area (TPSA) is 540 Å². The predicted molar refractivity (Wildman–Crippen MR) is 250 cm³/mol. The molecule has 1 aromatic rings. The summed E-state index contributed by atoms with van der Waals surface area (Å²) in [6.07, 6.45) is -43.6. The summed E-state index contributed by atoms with van der Waals surface area (Å²) in [6.45, 7) is -2.94. The van der Waals surface area contributed by atoms with E-state index in [2.05, 4.69) is 10.3 Å². The van der Waals surface area contributed by atoms with E-state index < -0.39 is 217 Å². The number of aliphatic hydroxyl groups is 22. The molecule has 4 heterocycles. The Kier molecular flexibility index (Phi) is 26.7. The van der Waals surface area contributed by atoms with Gasteiger partial charge in [0.25, 0.3) is 0 Å². The summed E-state index contributed by atoms with van der Waals surface area (Å²) < 4.78 is 38.9. The molecule has 22 N–H and O–H groups in total. The minimum Gasteiger partial charge on any atom is -0.506 e. The molecule has 20 unspecified atom stereocenters. The van der Waals surface area contributed by atoms with Gasteiger partial charge in [0, 0.05) is 58.2 Å². The van der Waals surface area contributed by atoms with Crippen LogP contribution >= 0.6 is 0 Å². The molecule has 2 bridgehead atoms. The highest BCUT2D eigenvalue weighted by atomic mass is 16.7. The van der Waals surface area contributed by atoms with Gasteiger partial charge in [-0.2, -0.15) is 0 Å². The first kappa shape index (κ1) is 65.8. The second-order valence-electron chi connectivity index (χ2n) is 18.6. The van der Waals surface area contributed by atoms with Crippen molar-refractivity contribution in [2.24, 2.45) is 0 Å². The molecule has 0 spiro atoms. The normalized spacial score (nSPS) is 40.8. The fourth-order valence-corrected chi connectivity index (χ4v) is 8.72. The number of hydrogen-bond donors (Lipinski definition) is 22. The molecular formula is C45H77N3O29. The number of nitrogens with zero attached hydrogens (tertiary/aromatic N) is 3. The summed E-state index contributed by atoms with van der Waals surface area (Å²) in [5, 5.41) is 246. The van der Waals surface area contributed by atoms with Crippen LogP contribution in [0.4, 0.5) is 0 Å². The van der Waals surface area contributed by atoms with Crippen LogP contribution in [0, 0.1) is 0 Å². The highest BCUT2D eigenvalue weighted by Gasteiger charge is 2.49. The molecule has 4 aliphatic rings. The van der Waals surface area contributed by atoms with Crippen LogP contribution in [-0.4, -0.2) is 277 Å². The molecule has 32 nitrogen and oxygen atoms in total. The Bertz CT molecular complexity index is 2010. The van der Waals surface area contributed by atoms with Crippen molar-refractivity contribution in [2.75, 3.05) is 33.0 Å². The standard InChI is InChI=1S/C45H77N3O29/c1-18-5-3-2-4-6-19-26(18)46-47-48(19)12-7-20-27(54)37(64)44(70)77-39-25(17-53)76-45(38(65)32(39)59)75-24(11-16-52)31(58)36(63)43(69)74-23(10-15-51)30(57)35(62)42(68)73-22(9-14-50)29(56)34(61)41(67)72-21(8-13-49)28(55)33(60)40(66)71-20/h18,20-25,30-32,35-36,38-45,49-70H,2-17H2,1H3/b33-28+,34-29-,37-27+. The third-order valence-corrected chi connectivity index (χ3v) is 13.2. The SMILES string of the molecule is CC1CCCCCc2c1nnn2CCC1OC(O)/C(O)=C(\O)C(CCO)OC(O)/C(O)=C(/O)C(CCO)OC(O)C(O)C(O)C(CCO)OC(O)C(O)C(O)C(CCO)OC2OC(CO)C(OC(O)/C(O)=C/1O)C(O)C2O. The van der Waals surface area contributed by atoms with E-state index in [1.807, 2.05) is 6.92 Å². The smallest absolute Gasteiger partial charge is 0.218 e. The average molecular weight is 1120 g/mol. The molecule has 32 heteroatoms. The predicted octanol–water partition coefficient (Wildman–Crippen LogP) is -5.80. The van der Waals surface area contributed by atoms with Crippen LogP contribution in [0.2, 0.25) is 0 Å². The van der Waals surface area contributed by atoms with Gasteiger partial charge < -0.3 is 146 Å². The van der Waals surface area contributed by atoms with Gasteiger partial charge in [-0.3, -0.25) is 0 Å². The molecule has 1 saturated heterocycles. The second-order valence-corrected chi connectivity index (χ2v) is 18.6. The van der Waals surface area contributed by atoms with Crippen molar-refractivity contribution in [3.05, 3.63) is 45.9 Å². The summed E-state index contributed by atoms with van der Waals surface area (Å²) in [5.41, 5.74) is 1.38. The maximum atomic E-state index is 11.5. The summed E-state index contributed by atoms with van der Waals surface area (Å²) in [6, 6.07) is 0. The quantitative estimate of drug-likeness (QED) is 0.0927. The van der Waals surface area contributed by atoms with Gasteiger partial charge in [0.15, 0.2) is 53.4 Å². The van der Waals surface area contributed by atoms with Crippen molar-refractivity contribution in [3.63, 3.8) is 0 Å². The zero-order valence-corrected chi connectivity index (χ0v) is 41.9. The molecule has 1 aliphatic carbocycles. The van der Waals surface area contributed by atoms with Crippen molar-refractivity contribution in [1.29, 1.82) is 0 Å². The van der Waals surface area contributed by atoms with Crippen molar-refractivity contribution in [1.82, 2.24) is 15.0 Å². The van der Waals surface area contributed by atoms with Gasteiger partial charge in [-0.25, -0.2) is 4.68 Å². The van der Waals surface area contributed by atoms with Crippen LogP contribution in [0.3, 0.4) is 0 Å². The Morgan fingerprint density at radius 2 is 0.909 bits per heavy atom. The summed E-state index contributed by atoms with van der Waals surface area (Å²) in [7, 11) is 0. The van der Waals surface area contributed by atoms with Crippen LogP contribution in [0.1, 0.15) is 82.0 Å². The molecule has 1 fully saturated rings. The molecule has 1 aromatic heterocycles. The average Bonchev–Trinajstić information content (AvgIpc) is 3.81. The van der Waals surface area contributed by atoms with Crippen molar-refractivity contribution < 1.29 is 146 Å². The molecule has 0 radical (unpaired) electrons. The van der Waals surface area contributed by atoms with E-state index in [1.165, 1.54) is 4.68 Å². The number of aromatic nitrogens is 3. The summed E-state index contributed by atoms with van der Waals surface area (Å²) in [5.74, 6) is -8.90. The van der Waals surface area contributed by atoms with E-state index in [-0.39, 0.29) is 12.5 Å².